The Bertz CT molecular complexity index is 321. The van der Waals surface area contributed by atoms with Crippen LogP contribution in [0.5, 0.6) is 0 Å². The summed E-state index contributed by atoms with van der Waals surface area (Å²) in [4.78, 5) is 10.6. The molecule has 2 heterocycles. The fraction of sp³-hybridized carbons (Fsp3) is 1.00. The van der Waals surface area contributed by atoms with E-state index < -0.39 is 0 Å². The van der Waals surface area contributed by atoms with Gasteiger partial charge < -0.3 is 14.7 Å². The van der Waals surface area contributed by atoms with Gasteiger partial charge in [0.2, 0.25) is 0 Å². The van der Waals surface area contributed by atoms with Crippen LogP contribution in [-0.2, 0) is 0 Å². The Morgan fingerprint density at radius 3 is 1.57 bits per heavy atom. The van der Waals surface area contributed by atoms with Crippen molar-refractivity contribution >= 4 is 0 Å². The van der Waals surface area contributed by atoms with Gasteiger partial charge in [0.1, 0.15) is 0 Å². The molecule has 136 valence electrons. The van der Waals surface area contributed by atoms with E-state index in [4.69, 9.17) is 0 Å². The molecule has 0 saturated carbocycles. The van der Waals surface area contributed by atoms with Crippen molar-refractivity contribution in [3.63, 3.8) is 0 Å². The number of hydrogen-bond acceptors (Lipinski definition) is 4. The number of rotatable bonds is 6. The molecular formula is C19H40N4. The van der Waals surface area contributed by atoms with E-state index in [0.29, 0.717) is 5.54 Å². The van der Waals surface area contributed by atoms with Gasteiger partial charge >= 0.3 is 0 Å². The Labute approximate surface area is 144 Å². The van der Waals surface area contributed by atoms with E-state index in [-0.39, 0.29) is 0 Å². The third-order valence-electron chi connectivity index (χ3n) is 5.36. The van der Waals surface area contributed by atoms with Crippen LogP contribution in [0.2, 0.25) is 0 Å². The monoisotopic (exact) mass is 324 g/mol. The summed E-state index contributed by atoms with van der Waals surface area (Å²) in [5.41, 5.74) is 0.335. The Balaban J connectivity index is 1.55. The first-order valence-electron chi connectivity index (χ1n) is 9.77. The predicted molar refractivity (Wildman–Crippen MR) is 100 cm³/mol. The third-order valence-corrected chi connectivity index (χ3v) is 5.36. The van der Waals surface area contributed by atoms with Crippen LogP contribution in [0.4, 0.5) is 0 Å². The first kappa shape index (κ1) is 19.2. The van der Waals surface area contributed by atoms with E-state index in [1.165, 1.54) is 78.4 Å². The van der Waals surface area contributed by atoms with Crippen LogP contribution < -0.4 is 0 Å². The van der Waals surface area contributed by atoms with Crippen LogP contribution in [0, 0.1) is 5.92 Å². The lowest BCUT2D eigenvalue weighted by atomic mass is 10.0. The van der Waals surface area contributed by atoms with Gasteiger partial charge in [0.05, 0.1) is 0 Å². The fourth-order valence-corrected chi connectivity index (χ4v) is 3.87. The average Bonchev–Trinajstić information content (AvgIpc) is 2.48. The zero-order valence-corrected chi connectivity index (χ0v) is 16.4. The lowest BCUT2D eigenvalue weighted by molar-refractivity contribution is 0.0586. The molecule has 2 aliphatic heterocycles. The topological polar surface area (TPSA) is 13.0 Å². The highest BCUT2D eigenvalue weighted by Gasteiger charge is 2.25. The van der Waals surface area contributed by atoms with E-state index in [0.717, 1.165) is 5.92 Å². The zero-order valence-electron chi connectivity index (χ0n) is 16.4. The molecule has 0 aromatic heterocycles. The van der Waals surface area contributed by atoms with Gasteiger partial charge in [0.15, 0.2) is 0 Å². The lowest BCUT2D eigenvalue weighted by Crippen LogP contribution is -2.53. The van der Waals surface area contributed by atoms with Crippen LogP contribution in [0.25, 0.3) is 0 Å². The number of hydrogen-bond donors (Lipinski definition) is 0. The molecule has 2 saturated heterocycles. The van der Waals surface area contributed by atoms with Crippen molar-refractivity contribution in [2.45, 2.75) is 46.6 Å². The van der Waals surface area contributed by atoms with Crippen LogP contribution in [0.3, 0.4) is 0 Å². The molecule has 0 unspecified atom stereocenters. The molecule has 0 aromatic rings. The first-order chi connectivity index (χ1) is 10.8. The summed E-state index contributed by atoms with van der Waals surface area (Å²) < 4.78 is 0. The van der Waals surface area contributed by atoms with Gasteiger partial charge in [-0.25, -0.2) is 0 Å². The summed E-state index contributed by atoms with van der Waals surface area (Å²) in [6, 6.07) is 0. The molecule has 23 heavy (non-hydrogen) atoms. The highest BCUT2D eigenvalue weighted by atomic mass is 15.3. The van der Waals surface area contributed by atoms with Gasteiger partial charge in [0, 0.05) is 64.4 Å². The van der Waals surface area contributed by atoms with Crippen molar-refractivity contribution in [3.05, 3.63) is 0 Å². The van der Waals surface area contributed by atoms with Crippen molar-refractivity contribution < 1.29 is 0 Å². The molecule has 0 aromatic carbocycles. The maximum Gasteiger partial charge on any atom is 0.0126 e. The molecule has 0 N–H and O–H groups in total. The lowest BCUT2D eigenvalue weighted by Gasteiger charge is -2.42. The summed E-state index contributed by atoms with van der Waals surface area (Å²) in [6.45, 7) is 25.5. The second kappa shape index (κ2) is 8.80. The third kappa shape index (κ3) is 6.69. The minimum Gasteiger partial charge on any atom is -0.301 e. The second-order valence-corrected chi connectivity index (χ2v) is 8.89. The van der Waals surface area contributed by atoms with Gasteiger partial charge in [0.25, 0.3) is 0 Å². The summed E-state index contributed by atoms with van der Waals surface area (Å²) in [6.07, 6.45) is 1.33. The SMILES string of the molecule is CC(C)CN1CCN(CCCN2CCN(C(C)(C)C)CC2)CC1. The summed E-state index contributed by atoms with van der Waals surface area (Å²) in [7, 11) is 0. The molecule has 0 atom stereocenters. The molecule has 0 spiro atoms. The quantitative estimate of drug-likeness (QED) is 0.741. The summed E-state index contributed by atoms with van der Waals surface area (Å²) in [5, 5.41) is 0. The molecule has 2 rings (SSSR count). The molecule has 0 aliphatic carbocycles. The maximum absolute atomic E-state index is 2.67. The van der Waals surface area contributed by atoms with Gasteiger partial charge in [-0.15, -0.1) is 0 Å². The normalized spacial score (nSPS) is 23.7. The first-order valence-corrected chi connectivity index (χ1v) is 9.77. The maximum atomic E-state index is 2.67. The van der Waals surface area contributed by atoms with Gasteiger partial charge in [-0.2, -0.15) is 0 Å². The van der Waals surface area contributed by atoms with Crippen molar-refractivity contribution in [2.75, 3.05) is 72.0 Å². The molecule has 0 amide bonds. The molecule has 4 nitrogen and oxygen atoms in total. The van der Waals surface area contributed by atoms with E-state index >= 15 is 0 Å². The summed E-state index contributed by atoms with van der Waals surface area (Å²) in [5.74, 6) is 0.799. The Morgan fingerprint density at radius 2 is 1.13 bits per heavy atom. The highest BCUT2D eigenvalue weighted by molar-refractivity contribution is 4.82. The van der Waals surface area contributed by atoms with E-state index in [9.17, 15) is 0 Å². The average molecular weight is 325 g/mol. The second-order valence-electron chi connectivity index (χ2n) is 8.89. The summed E-state index contributed by atoms with van der Waals surface area (Å²) >= 11 is 0. The number of piperazine rings is 2. The standard InChI is InChI=1S/C19H40N4/c1-18(2)17-22-11-9-20(10-12-22)7-6-8-21-13-15-23(16-14-21)19(3,4)5/h18H,6-17H2,1-5H3. The van der Waals surface area contributed by atoms with Crippen LogP contribution in [0.15, 0.2) is 0 Å². The van der Waals surface area contributed by atoms with Gasteiger partial charge in [-0.1, -0.05) is 13.8 Å². The van der Waals surface area contributed by atoms with Crippen molar-refractivity contribution in [1.29, 1.82) is 0 Å². The minimum absolute atomic E-state index is 0.335. The predicted octanol–water partition coefficient (Wildman–Crippen LogP) is 2.07. The highest BCUT2D eigenvalue weighted by Crippen LogP contribution is 2.16. The van der Waals surface area contributed by atoms with Crippen LogP contribution in [-0.4, -0.2) is 97.1 Å². The van der Waals surface area contributed by atoms with E-state index in [1.807, 2.05) is 0 Å². The smallest absolute Gasteiger partial charge is 0.0126 e. The molecule has 4 heteroatoms. The van der Waals surface area contributed by atoms with E-state index in [1.54, 1.807) is 0 Å². The van der Waals surface area contributed by atoms with Crippen molar-refractivity contribution in [3.8, 4) is 0 Å². The number of nitrogens with zero attached hydrogens (tertiary/aromatic N) is 4. The van der Waals surface area contributed by atoms with Crippen molar-refractivity contribution in [2.24, 2.45) is 5.92 Å². The zero-order chi connectivity index (χ0) is 16.9. The fourth-order valence-electron chi connectivity index (χ4n) is 3.87. The Hall–Kier alpha value is -0.160. The molecule has 2 aliphatic rings. The molecule has 2 fully saturated rings. The van der Waals surface area contributed by atoms with E-state index in [2.05, 4.69) is 54.2 Å². The molecular weight excluding hydrogens is 284 g/mol. The van der Waals surface area contributed by atoms with Crippen LogP contribution >= 0.6 is 0 Å². The largest absolute Gasteiger partial charge is 0.301 e. The Kier molecular flexibility index (Phi) is 7.33. The van der Waals surface area contributed by atoms with Crippen LogP contribution in [0.1, 0.15) is 41.0 Å². The van der Waals surface area contributed by atoms with Gasteiger partial charge in [-0.05, 0) is 46.2 Å². The van der Waals surface area contributed by atoms with Crippen molar-refractivity contribution in [1.82, 2.24) is 19.6 Å². The molecule has 0 bridgehead atoms. The minimum atomic E-state index is 0.335. The van der Waals surface area contributed by atoms with Gasteiger partial charge in [-0.3, -0.25) is 4.90 Å². The molecule has 0 radical (unpaired) electrons. The Morgan fingerprint density at radius 1 is 0.696 bits per heavy atom.